The minimum Gasteiger partial charge on any atom is -0.369 e. The highest BCUT2D eigenvalue weighted by molar-refractivity contribution is 7.18. The average molecular weight is 338 g/mol. The number of rotatable bonds is 5. The van der Waals surface area contributed by atoms with E-state index in [1.807, 2.05) is 24.3 Å². The Hall–Kier alpha value is -2.22. The SMILES string of the molecule is FC(F)(F)c1ccc(NCCCc2nc3ccccc3s2)nn1. The maximum absolute atomic E-state index is 12.4. The molecule has 8 heteroatoms. The zero-order valence-corrected chi connectivity index (χ0v) is 12.8. The predicted octanol–water partition coefficient (Wildman–Crippen LogP) is 4.15. The van der Waals surface area contributed by atoms with Gasteiger partial charge < -0.3 is 5.32 Å². The quantitative estimate of drug-likeness (QED) is 0.710. The lowest BCUT2D eigenvalue weighted by atomic mass is 10.3. The number of benzene rings is 1. The second-order valence-corrected chi connectivity index (χ2v) is 6.02. The van der Waals surface area contributed by atoms with Gasteiger partial charge in [0.15, 0.2) is 5.69 Å². The summed E-state index contributed by atoms with van der Waals surface area (Å²) < 4.78 is 38.3. The number of para-hydroxylation sites is 1. The molecule has 0 aliphatic rings. The number of nitrogens with one attached hydrogen (secondary N) is 1. The fourth-order valence-corrected chi connectivity index (χ4v) is 3.07. The molecule has 0 bridgehead atoms. The van der Waals surface area contributed by atoms with E-state index < -0.39 is 11.9 Å². The highest BCUT2D eigenvalue weighted by Gasteiger charge is 2.32. The van der Waals surface area contributed by atoms with Gasteiger partial charge in [-0.15, -0.1) is 21.5 Å². The Morgan fingerprint density at radius 3 is 2.57 bits per heavy atom. The van der Waals surface area contributed by atoms with Crippen LogP contribution >= 0.6 is 11.3 Å². The largest absolute Gasteiger partial charge is 0.435 e. The lowest BCUT2D eigenvalue weighted by molar-refractivity contribution is -0.141. The molecule has 2 heterocycles. The lowest BCUT2D eigenvalue weighted by Gasteiger charge is -2.06. The summed E-state index contributed by atoms with van der Waals surface area (Å²) >= 11 is 1.66. The zero-order valence-electron chi connectivity index (χ0n) is 12.0. The summed E-state index contributed by atoms with van der Waals surface area (Å²) in [6, 6.07) is 10.2. The third-order valence-electron chi connectivity index (χ3n) is 3.17. The van der Waals surface area contributed by atoms with E-state index in [1.54, 1.807) is 11.3 Å². The topological polar surface area (TPSA) is 50.7 Å². The summed E-state index contributed by atoms with van der Waals surface area (Å²) in [5, 5.41) is 10.7. The van der Waals surface area contributed by atoms with Gasteiger partial charge in [0.25, 0.3) is 0 Å². The Morgan fingerprint density at radius 1 is 1.04 bits per heavy atom. The van der Waals surface area contributed by atoms with Gasteiger partial charge in [-0.3, -0.25) is 0 Å². The molecule has 0 saturated heterocycles. The van der Waals surface area contributed by atoms with Gasteiger partial charge in [-0.05, 0) is 30.7 Å². The maximum Gasteiger partial charge on any atom is 0.435 e. The number of fused-ring (bicyclic) bond motifs is 1. The van der Waals surface area contributed by atoms with Crippen molar-refractivity contribution < 1.29 is 13.2 Å². The molecule has 23 heavy (non-hydrogen) atoms. The monoisotopic (exact) mass is 338 g/mol. The van der Waals surface area contributed by atoms with E-state index in [9.17, 15) is 13.2 Å². The van der Waals surface area contributed by atoms with Crippen molar-refractivity contribution in [2.75, 3.05) is 11.9 Å². The van der Waals surface area contributed by atoms with Gasteiger partial charge in [0, 0.05) is 13.0 Å². The number of aromatic nitrogens is 3. The Morgan fingerprint density at radius 2 is 1.87 bits per heavy atom. The van der Waals surface area contributed by atoms with E-state index in [-0.39, 0.29) is 0 Å². The summed E-state index contributed by atoms with van der Waals surface area (Å²) in [6.07, 6.45) is -2.85. The molecule has 0 aliphatic heterocycles. The van der Waals surface area contributed by atoms with Gasteiger partial charge in [0.2, 0.25) is 0 Å². The number of anilines is 1. The molecule has 0 spiro atoms. The third-order valence-corrected chi connectivity index (χ3v) is 4.26. The second kappa shape index (κ2) is 6.49. The van der Waals surface area contributed by atoms with E-state index in [0.29, 0.717) is 12.4 Å². The molecule has 1 aromatic carbocycles. The summed E-state index contributed by atoms with van der Waals surface area (Å²) in [4.78, 5) is 4.53. The van der Waals surface area contributed by atoms with Gasteiger partial charge in [0.05, 0.1) is 15.2 Å². The van der Waals surface area contributed by atoms with Crippen molar-refractivity contribution >= 4 is 27.4 Å². The van der Waals surface area contributed by atoms with Crippen molar-refractivity contribution in [2.24, 2.45) is 0 Å². The number of aryl methyl sites for hydroxylation is 1. The molecular weight excluding hydrogens is 325 g/mol. The van der Waals surface area contributed by atoms with E-state index in [4.69, 9.17) is 0 Å². The molecule has 0 saturated carbocycles. The maximum atomic E-state index is 12.4. The van der Waals surface area contributed by atoms with E-state index in [1.165, 1.54) is 6.07 Å². The third kappa shape index (κ3) is 3.95. The van der Waals surface area contributed by atoms with Crippen LogP contribution in [0.25, 0.3) is 10.2 Å². The Balaban J connectivity index is 1.49. The van der Waals surface area contributed by atoms with Crippen LogP contribution in [0.4, 0.5) is 19.0 Å². The average Bonchev–Trinajstić information content (AvgIpc) is 2.94. The van der Waals surface area contributed by atoms with Gasteiger partial charge in [0.1, 0.15) is 5.82 Å². The molecule has 0 radical (unpaired) electrons. The van der Waals surface area contributed by atoms with Gasteiger partial charge >= 0.3 is 6.18 Å². The number of hydrogen-bond donors (Lipinski definition) is 1. The van der Waals surface area contributed by atoms with Crippen LogP contribution in [-0.4, -0.2) is 21.7 Å². The summed E-state index contributed by atoms with van der Waals surface area (Å²) in [5.74, 6) is 0.335. The van der Waals surface area contributed by atoms with E-state index in [2.05, 4.69) is 20.5 Å². The highest BCUT2D eigenvalue weighted by atomic mass is 32.1. The van der Waals surface area contributed by atoms with Gasteiger partial charge in [-0.1, -0.05) is 12.1 Å². The fourth-order valence-electron chi connectivity index (χ4n) is 2.06. The van der Waals surface area contributed by atoms with E-state index >= 15 is 0 Å². The van der Waals surface area contributed by atoms with Crippen molar-refractivity contribution in [3.63, 3.8) is 0 Å². The van der Waals surface area contributed by atoms with Crippen molar-refractivity contribution in [1.29, 1.82) is 0 Å². The fraction of sp³-hybridized carbons (Fsp3) is 0.267. The summed E-state index contributed by atoms with van der Waals surface area (Å²) in [5.41, 5.74) is 0.00610. The van der Waals surface area contributed by atoms with Crippen LogP contribution in [0, 0.1) is 0 Å². The van der Waals surface area contributed by atoms with Crippen LogP contribution in [0.5, 0.6) is 0 Å². The molecule has 0 fully saturated rings. The van der Waals surface area contributed by atoms with Crippen LogP contribution in [0.1, 0.15) is 17.1 Å². The number of nitrogens with zero attached hydrogens (tertiary/aromatic N) is 3. The van der Waals surface area contributed by atoms with Crippen LogP contribution in [0.15, 0.2) is 36.4 Å². The van der Waals surface area contributed by atoms with Crippen LogP contribution in [-0.2, 0) is 12.6 Å². The van der Waals surface area contributed by atoms with Gasteiger partial charge in [-0.25, -0.2) is 4.98 Å². The minimum absolute atomic E-state index is 0.335. The number of halogens is 3. The standard InChI is InChI=1S/C15H13F3N4S/c16-15(17,18)12-7-8-13(22-21-12)19-9-3-6-14-20-10-4-1-2-5-11(10)23-14/h1-2,4-5,7-8H,3,6,9H2,(H,19,22). The van der Waals surface area contributed by atoms with E-state index in [0.717, 1.165) is 34.1 Å². The number of alkyl halides is 3. The molecular formula is C15H13F3N4S. The molecule has 120 valence electrons. The van der Waals surface area contributed by atoms with Gasteiger partial charge in [-0.2, -0.15) is 13.2 Å². The lowest BCUT2D eigenvalue weighted by Crippen LogP contribution is -2.11. The second-order valence-electron chi connectivity index (χ2n) is 4.91. The molecule has 1 N–H and O–H groups in total. The molecule has 3 rings (SSSR count). The molecule has 0 amide bonds. The van der Waals surface area contributed by atoms with Crippen LogP contribution < -0.4 is 5.32 Å². The van der Waals surface area contributed by atoms with Crippen LogP contribution in [0.3, 0.4) is 0 Å². The first-order chi connectivity index (χ1) is 11.0. The summed E-state index contributed by atoms with van der Waals surface area (Å²) in [6.45, 7) is 0.593. The molecule has 4 nitrogen and oxygen atoms in total. The molecule has 3 aromatic rings. The van der Waals surface area contributed by atoms with Crippen LogP contribution in [0.2, 0.25) is 0 Å². The highest BCUT2D eigenvalue weighted by Crippen LogP contribution is 2.27. The molecule has 2 aromatic heterocycles. The predicted molar refractivity (Wildman–Crippen MR) is 83.5 cm³/mol. The molecule has 0 unspecified atom stereocenters. The first-order valence-electron chi connectivity index (χ1n) is 7.01. The first-order valence-corrected chi connectivity index (χ1v) is 7.83. The van der Waals surface area contributed by atoms with Crippen molar-refractivity contribution in [2.45, 2.75) is 19.0 Å². The van der Waals surface area contributed by atoms with Crippen molar-refractivity contribution in [1.82, 2.24) is 15.2 Å². The van der Waals surface area contributed by atoms with Crippen molar-refractivity contribution in [3.8, 4) is 0 Å². The Bertz CT molecular complexity index is 750. The molecule has 0 atom stereocenters. The van der Waals surface area contributed by atoms with Crippen molar-refractivity contribution in [3.05, 3.63) is 47.1 Å². The Kier molecular flexibility index (Phi) is 4.42. The minimum atomic E-state index is -4.46. The first kappa shape index (κ1) is 15.7. The number of hydrogen-bond acceptors (Lipinski definition) is 5. The zero-order chi connectivity index (χ0) is 16.3. The normalized spacial score (nSPS) is 11.8. The smallest absolute Gasteiger partial charge is 0.369 e. The summed E-state index contributed by atoms with van der Waals surface area (Å²) in [7, 11) is 0. The number of thiazole rings is 1. The Labute approximate surface area is 134 Å². The molecule has 0 aliphatic carbocycles.